The van der Waals surface area contributed by atoms with Gasteiger partial charge >= 0.3 is 0 Å². The minimum absolute atomic E-state index is 0.143. The van der Waals surface area contributed by atoms with E-state index in [-0.39, 0.29) is 17.6 Å². The van der Waals surface area contributed by atoms with Gasteiger partial charge in [0.15, 0.2) is 0 Å². The number of carbonyl (C=O) groups excluding carboxylic acids is 2. The Hall–Kier alpha value is -2.99. The summed E-state index contributed by atoms with van der Waals surface area (Å²) in [5.41, 5.74) is 1.32. The molecule has 2 N–H and O–H groups in total. The SMILES string of the molecule is COCC(C)NC(=O)/C(=C/c1cccnc1)NC(=O)c1ccccc1. The molecular weight excluding hydrogens is 318 g/mol. The fraction of sp³-hybridized carbons (Fsp3) is 0.211. The van der Waals surface area contributed by atoms with Crippen LogP contribution in [0.4, 0.5) is 0 Å². The lowest BCUT2D eigenvalue weighted by Gasteiger charge is -2.15. The third-order valence-electron chi connectivity index (χ3n) is 3.32. The first-order valence-corrected chi connectivity index (χ1v) is 7.88. The number of benzene rings is 1. The highest BCUT2D eigenvalue weighted by atomic mass is 16.5. The topological polar surface area (TPSA) is 80.3 Å². The lowest BCUT2D eigenvalue weighted by Crippen LogP contribution is -2.41. The van der Waals surface area contributed by atoms with Crippen LogP contribution in [0.25, 0.3) is 6.08 Å². The van der Waals surface area contributed by atoms with Crippen LogP contribution in [-0.2, 0) is 9.53 Å². The predicted molar refractivity (Wildman–Crippen MR) is 95.6 cm³/mol. The fourth-order valence-electron chi connectivity index (χ4n) is 2.16. The van der Waals surface area contributed by atoms with Crippen LogP contribution < -0.4 is 10.6 Å². The Morgan fingerprint density at radius 2 is 1.96 bits per heavy atom. The van der Waals surface area contributed by atoms with E-state index in [4.69, 9.17) is 4.74 Å². The van der Waals surface area contributed by atoms with Gasteiger partial charge in [0.25, 0.3) is 11.8 Å². The van der Waals surface area contributed by atoms with E-state index in [9.17, 15) is 9.59 Å². The highest BCUT2D eigenvalue weighted by molar-refractivity contribution is 6.05. The van der Waals surface area contributed by atoms with Gasteiger partial charge in [-0.3, -0.25) is 14.6 Å². The second-order valence-corrected chi connectivity index (χ2v) is 5.49. The van der Waals surface area contributed by atoms with Crippen molar-refractivity contribution in [2.45, 2.75) is 13.0 Å². The summed E-state index contributed by atoms with van der Waals surface area (Å²) in [4.78, 5) is 28.9. The molecule has 6 heteroatoms. The molecule has 2 amide bonds. The van der Waals surface area contributed by atoms with Gasteiger partial charge < -0.3 is 15.4 Å². The molecule has 2 rings (SSSR count). The average Bonchev–Trinajstić information content (AvgIpc) is 2.63. The zero-order valence-corrected chi connectivity index (χ0v) is 14.2. The van der Waals surface area contributed by atoms with Crippen molar-refractivity contribution in [2.24, 2.45) is 0 Å². The Kier molecular flexibility index (Phi) is 6.86. The second kappa shape index (κ2) is 9.34. The van der Waals surface area contributed by atoms with Crippen LogP contribution in [0.3, 0.4) is 0 Å². The van der Waals surface area contributed by atoms with Crippen molar-refractivity contribution in [1.82, 2.24) is 15.6 Å². The number of carbonyl (C=O) groups is 2. The van der Waals surface area contributed by atoms with Gasteiger partial charge in [0.1, 0.15) is 5.70 Å². The summed E-state index contributed by atoms with van der Waals surface area (Å²) < 4.78 is 5.02. The quantitative estimate of drug-likeness (QED) is 0.756. The van der Waals surface area contributed by atoms with Crippen molar-refractivity contribution in [3.8, 4) is 0 Å². The van der Waals surface area contributed by atoms with E-state index in [1.807, 2.05) is 13.0 Å². The molecule has 2 aromatic rings. The number of rotatable bonds is 7. The highest BCUT2D eigenvalue weighted by Crippen LogP contribution is 2.06. The fourth-order valence-corrected chi connectivity index (χ4v) is 2.16. The van der Waals surface area contributed by atoms with Crippen molar-refractivity contribution in [3.63, 3.8) is 0 Å². The third kappa shape index (κ3) is 5.86. The first kappa shape index (κ1) is 18.4. The largest absolute Gasteiger partial charge is 0.383 e. The lowest BCUT2D eigenvalue weighted by atomic mass is 10.2. The van der Waals surface area contributed by atoms with Crippen molar-refractivity contribution >= 4 is 17.9 Å². The molecule has 1 unspecified atom stereocenters. The Balaban J connectivity index is 2.21. The second-order valence-electron chi connectivity index (χ2n) is 5.49. The van der Waals surface area contributed by atoms with Crippen molar-refractivity contribution in [1.29, 1.82) is 0 Å². The minimum Gasteiger partial charge on any atom is -0.383 e. The van der Waals surface area contributed by atoms with E-state index in [0.717, 1.165) is 0 Å². The summed E-state index contributed by atoms with van der Waals surface area (Å²) in [5.74, 6) is -0.747. The molecule has 1 atom stereocenters. The summed E-state index contributed by atoms with van der Waals surface area (Å²) >= 11 is 0. The summed E-state index contributed by atoms with van der Waals surface area (Å²) in [5, 5.41) is 5.46. The standard InChI is InChI=1S/C19H21N3O3/c1-14(13-25-2)21-19(24)17(11-15-7-6-10-20-12-15)22-18(23)16-8-4-3-5-9-16/h3-12,14H,13H2,1-2H3,(H,21,24)(H,22,23)/b17-11-. The van der Waals surface area contributed by atoms with E-state index in [1.165, 1.54) is 0 Å². The number of aromatic nitrogens is 1. The number of nitrogens with one attached hydrogen (secondary N) is 2. The predicted octanol–water partition coefficient (Wildman–Crippen LogP) is 2.00. The number of methoxy groups -OCH3 is 1. The molecule has 6 nitrogen and oxygen atoms in total. The Labute approximate surface area is 146 Å². The molecule has 1 heterocycles. The lowest BCUT2D eigenvalue weighted by molar-refractivity contribution is -0.118. The van der Waals surface area contributed by atoms with Gasteiger partial charge in [0.2, 0.25) is 0 Å². The minimum atomic E-state index is -0.391. The molecule has 0 bridgehead atoms. The molecule has 130 valence electrons. The van der Waals surface area contributed by atoms with E-state index in [0.29, 0.717) is 17.7 Å². The molecule has 0 aliphatic heterocycles. The van der Waals surface area contributed by atoms with Crippen molar-refractivity contribution in [2.75, 3.05) is 13.7 Å². The van der Waals surface area contributed by atoms with Crippen LogP contribution in [0.1, 0.15) is 22.8 Å². The number of nitrogens with zero attached hydrogens (tertiary/aromatic N) is 1. The summed E-state index contributed by atoms with van der Waals surface area (Å²) in [6.07, 6.45) is 4.84. The maximum absolute atomic E-state index is 12.5. The summed E-state index contributed by atoms with van der Waals surface area (Å²) in [7, 11) is 1.56. The van der Waals surface area contributed by atoms with E-state index < -0.39 is 5.91 Å². The molecule has 0 aliphatic carbocycles. The molecular formula is C19H21N3O3. The Bertz CT molecular complexity index is 730. The molecule has 0 aliphatic rings. The van der Waals surface area contributed by atoms with E-state index in [2.05, 4.69) is 15.6 Å². The Morgan fingerprint density at radius 1 is 1.20 bits per heavy atom. The first-order chi connectivity index (χ1) is 12.1. The van der Waals surface area contributed by atoms with E-state index >= 15 is 0 Å². The molecule has 0 spiro atoms. The number of amides is 2. The molecule has 0 saturated carbocycles. The number of hydrogen-bond acceptors (Lipinski definition) is 4. The van der Waals surface area contributed by atoms with Gasteiger partial charge in [0, 0.05) is 31.1 Å². The normalized spacial score (nSPS) is 12.3. The number of pyridine rings is 1. The third-order valence-corrected chi connectivity index (χ3v) is 3.32. The van der Waals surface area contributed by atoms with E-state index in [1.54, 1.807) is 62.0 Å². The van der Waals surface area contributed by atoms with Crippen LogP contribution in [0, 0.1) is 0 Å². The van der Waals surface area contributed by atoms with Crippen LogP contribution in [0.2, 0.25) is 0 Å². The van der Waals surface area contributed by atoms with Crippen LogP contribution in [-0.4, -0.2) is 36.6 Å². The van der Waals surface area contributed by atoms with Gasteiger partial charge in [-0.2, -0.15) is 0 Å². The Morgan fingerprint density at radius 3 is 2.60 bits per heavy atom. The highest BCUT2D eigenvalue weighted by Gasteiger charge is 2.16. The summed E-state index contributed by atoms with van der Waals surface area (Å²) in [6.45, 7) is 2.20. The van der Waals surface area contributed by atoms with Gasteiger partial charge in [-0.25, -0.2) is 0 Å². The van der Waals surface area contributed by atoms with Crippen LogP contribution >= 0.6 is 0 Å². The van der Waals surface area contributed by atoms with Crippen molar-refractivity contribution < 1.29 is 14.3 Å². The molecule has 1 aromatic carbocycles. The maximum atomic E-state index is 12.5. The number of ether oxygens (including phenoxy) is 1. The molecule has 0 saturated heterocycles. The maximum Gasteiger partial charge on any atom is 0.268 e. The molecule has 1 aromatic heterocycles. The molecule has 25 heavy (non-hydrogen) atoms. The van der Waals surface area contributed by atoms with Gasteiger partial charge in [-0.1, -0.05) is 24.3 Å². The van der Waals surface area contributed by atoms with Gasteiger partial charge in [-0.15, -0.1) is 0 Å². The smallest absolute Gasteiger partial charge is 0.268 e. The van der Waals surface area contributed by atoms with Crippen LogP contribution in [0.15, 0.2) is 60.6 Å². The monoisotopic (exact) mass is 339 g/mol. The molecule has 0 radical (unpaired) electrons. The van der Waals surface area contributed by atoms with Gasteiger partial charge in [0.05, 0.1) is 6.61 Å². The van der Waals surface area contributed by atoms with Crippen molar-refractivity contribution in [3.05, 3.63) is 71.7 Å². The number of hydrogen-bond donors (Lipinski definition) is 2. The zero-order chi connectivity index (χ0) is 18.1. The average molecular weight is 339 g/mol. The first-order valence-electron chi connectivity index (χ1n) is 7.88. The van der Waals surface area contributed by atoms with Gasteiger partial charge in [-0.05, 0) is 36.8 Å². The zero-order valence-electron chi connectivity index (χ0n) is 14.2. The van der Waals surface area contributed by atoms with Crippen LogP contribution in [0.5, 0.6) is 0 Å². The molecule has 0 fully saturated rings. The summed E-state index contributed by atoms with van der Waals surface area (Å²) in [6, 6.07) is 12.1.